The first kappa shape index (κ1) is 13.5. The number of hydrogen-bond donors (Lipinski definition) is 0. The molecule has 2 aliphatic rings. The average molecular weight is 275 g/mol. The van der Waals surface area contributed by atoms with E-state index in [4.69, 9.17) is 14.7 Å². The molecule has 0 bridgehead atoms. The Morgan fingerprint density at radius 3 is 2.65 bits per heavy atom. The van der Waals surface area contributed by atoms with E-state index in [2.05, 4.69) is 0 Å². The van der Waals surface area contributed by atoms with Crippen LogP contribution in [0.15, 0.2) is 18.2 Å². The summed E-state index contributed by atoms with van der Waals surface area (Å²) in [6, 6.07) is 6.84. The van der Waals surface area contributed by atoms with Crippen LogP contribution in [-0.2, 0) is 9.47 Å². The number of ether oxygens (including phenoxy) is 2. The van der Waals surface area contributed by atoms with Crippen LogP contribution in [0, 0.1) is 17.1 Å². The van der Waals surface area contributed by atoms with Crippen LogP contribution in [0.4, 0.5) is 4.39 Å². The monoisotopic (exact) mass is 275 g/mol. The Labute approximate surface area is 118 Å². The summed E-state index contributed by atoms with van der Waals surface area (Å²) in [5.41, 5.74) is 1.13. The molecule has 1 aromatic carbocycles. The molecule has 0 aromatic heterocycles. The number of epoxide rings is 1. The smallest absolute Gasteiger partial charge is 0.141 e. The second kappa shape index (κ2) is 5.90. The van der Waals surface area contributed by atoms with Gasteiger partial charge in [-0.25, -0.2) is 4.39 Å². The summed E-state index contributed by atoms with van der Waals surface area (Å²) < 4.78 is 24.6. The Hall–Kier alpha value is -1.44. The molecule has 1 aliphatic heterocycles. The van der Waals surface area contributed by atoms with E-state index in [-0.39, 0.29) is 5.56 Å². The lowest BCUT2D eigenvalue weighted by atomic mass is 9.82. The van der Waals surface area contributed by atoms with Crippen molar-refractivity contribution in [1.82, 2.24) is 0 Å². The molecule has 0 radical (unpaired) electrons. The van der Waals surface area contributed by atoms with Crippen LogP contribution in [0.3, 0.4) is 0 Å². The molecule has 0 N–H and O–H groups in total. The third-order valence-corrected chi connectivity index (χ3v) is 4.18. The number of nitrogens with zero attached hydrogens (tertiary/aromatic N) is 1. The molecule has 1 saturated heterocycles. The highest BCUT2D eigenvalue weighted by Gasteiger charge is 2.27. The lowest BCUT2D eigenvalue weighted by molar-refractivity contribution is 0.0165. The van der Waals surface area contributed by atoms with E-state index in [1.165, 1.54) is 6.07 Å². The van der Waals surface area contributed by atoms with Gasteiger partial charge in [0, 0.05) is 0 Å². The molecule has 1 atom stereocenters. The molecule has 3 nitrogen and oxygen atoms in total. The van der Waals surface area contributed by atoms with Gasteiger partial charge in [-0.3, -0.25) is 0 Å². The molecule has 1 saturated carbocycles. The zero-order chi connectivity index (χ0) is 13.9. The average Bonchev–Trinajstić information content (AvgIpc) is 3.30. The minimum Gasteiger partial charge on any atom is -0.375 e. The van der Waals surface area contributed by atoms with E-state index in [1.54, 1.807) is 6.07 Å². The van der Waals surface area contributed by atoms with Crippen molar-refractivity contribution in [2.75, 3.05) is 13.2 Å². The van der Waals surface area contributed by atoms with E-state index < -0.39 is 5.82 Å². The molecule has 1 heterocycles. The fourth-order valence-electron chi connectivity index (χ4n) is 2.85. The third kappa shape index (κ3) is 3.17. The van der Waals surface area contributed by atoms with Crippen LogP contribution in [-0.4, -0.2) is 25.4 Å². The standard InChI is InChI=1S/C16H18FNO2/c17-16-7-12(1-2-13(16)8-18)11-3-5-14(6-4-11)19-9-15-10-20-15/h1-2,7,11,14-15H,3-6,9-10H2. The first-order valence-corrected chi connectivity index (χ1v) is 7.19. The van der Waals surface area contributed by atoms with Crippen molar-refractivity contribution in [3.8, 4) is 6.07 Å². The maximum Gasteiger partial charge on any atom is 0.141 e. The van der Waals surface area contributed by atoms with Gasteiger partial charge in [0.2, 0.25) is 0 Å². The lowest BCUT2D eigenvalue weighted by Gasteiger charge is -2.28. The second-order valence-electron chi connectivity index (χ2n) is 5.61. The van der Waals surface area contributed by atoms with Crippen LogP contribution in [0.2, 0.25) is 0 Å². The van der Waals surface area contributed by atoms with Crippen molar-refractivity contribution >= 4 is 0 Å². The minimum atomic E-state index is -0.408. The van der Waals surface area contributed by atoms with E-state index >= 15 is 0 Å². The van der Waals surface area contributed by atoms with Crippen LogP contribution in [0.1, 0.15) is 42.7 Å². The van der Waals surface area contributed by atoms with Gasteiger partial charge in [0.15, 0.2) is 0 Å². The Bertz CT molecular complexity index is 514. The van der Waals surface area contributed by atoms with Crippen molar-refractivity contribution in [3.05, 3.63) is 35.1 Å². The highest BCUT2D eigenvalue weighted by Crippen LogP contribution is 2.34. The largest absolute Gasteiger partial charge is 0.375 e. The van der Waals surface area contributed by atoms with Crippen molar-refractivity contribution in [3.63, 3.8) is 0 Å². The summed E-state index contributed by atoms with van der Waals surface area (Å²) in [5.74, 6) is -0.0245. The van der Waals surface area contributed by atoms with Crippen molar-refractivity contribution < 1.29 is 13.9 Å². The SMILES string of the molecule is N#Cc1ccc(C2CCC(OCC3CO3)CC2)cc1F. The molecule has 1 aromatic rings. The Kier molecular flexibility index (Phi) is 4.00. The number of benzene rings is 1. The van der Waals surface area contributed by atoms with Gasteiger partial charge in [-0.15, -0.1) is 0 Å². The summed E-state index contributed by atoms with van der Waals surface area (Å²) in [5, 5.41) is 8.75. The van der Waals surface area contributed by atoms with Gasteiger partial charge < -0.3 is 9.47 Å². The van der Waals surface area contributed by atoms with Crippen LogP contribution < -0.4 is 0 Å². The number of halogens is 1. The summed E-state index contributed by atoms with van der Waals surface area (Å²) in [6.07, 6.45) is 4.69. The van der Waals surface area contributed by atoms with Crippen molar-refractivity contribution in [2.45, 2.75) is 43.8 Å². The molecule has 2 fully saturated rings. The van der Waals surface area contributed by atoms with Crippen LogP contribution in [0.25, 0.3) is 0 Å². The predicted molar refractivity (Wildman–Crippen MR) is 71.8 cm³/mol. The van der Waals surface area contributed by atoms with E-state index in [0.29, 0.717) is 24.7 Å². The molecule has 0 amide bonds. The van der Waals surface area contributed by atoms with Gasteiger partial charge in [0.1, 0.15) is 18.0 Å². The summed E-state index contributed by atoms with van der Waals surface area (Å²) in [4.78, 5) is 0. The zero-order valence-corrected chi connectivity index (χ0v) is 11.3. The maximum atomic E-state index is 13.6. The molecular weight excluding hydrogens is 257 g/mol. The summed E-state index contributed by atoms with van der Waals surface area (Å²) >= 11 is 0. The summed E-state index contributed by atoms with van der Waals surface area (Å²) in [6.45, 7) is 1.54. The van der Waals surface area contributed by atoms with Gasteiger partial charge in [0.25, 0.3) is 0 Å². The highest BCUT2D eigenvalue weighted by molar-refractivity contribution is 5.34. The van der Waals surface area contributed by atoms with Crippen molar-refractivity contribution in [1.29, 1.82) is 5.26 Å². The van der Waals surface area contributed by atoms with Gasteiger partial charge in [-0.05, 0) is 49.3 Å². The van der Waals surface area contributed by atoms with E-state index in [1.807, 2.05) is 12.1 Å². The highest BCUT2D eigenvalue weighted by atomic mass is 19.1. The quantitative estimate of drug-likeness (QED) is 0.793. The zero-order valence-electron chi connectivity index (χ0n) is 11.3. The first-order chi connectivity index (χ1) is 9.76. The topological polar surface area (TPSA) is 45.5 Å². The van der Waals surface area contributed by atoms with E-state index in [0.717, 1.165) is 37.9 Å². The minimum absolute atomic E-state index is 0.121. The molecule has 4 heteroatoms. The molecule has 3 rings (SSSR count). The lowest BCUT2D eigenvalue weighted by Crippen LogP contribution is -2.22. The van der Waals surface area contributed by atoms with Gasteiger partial charge in [-0.1, -0.05) is 6.07 Å². The number of rotatable bonds is 4. The number of hydrogen-bond acceptors (Lipinski definition) is 3. The Morgan fingerprint density at radius 2 is 2.05 bits per heavy atom. The first-order valence-electron chi connectivity index (χ1n) is 7.19. The van der Waals surface area contributed by atoms with E-state index in [9.17, 15) is 4.39 Å². The molecule has 20 heavy (non-hydrogen) atoms. The predicted octanol–water partition coefficient (Wildman–Crippen LogP) is 3.14. The van der Waals surface area contributed by atoms with Crippen molar-refractivity contribution in [2.24, 2.45) is 0 Å². The molecule has 1 aliphatic carbocycles. The molecule has 0 spiro atoms. The second-order valence-corrected chi connectivity index (χ2v) is 5.61. The van der Waals surface area contributed by atoms with Gasteiger partial charge >= 0.3 is 0 Å². The maximum absolute atomic E-state index is 13.6. The third-order valence-electron chi connectivity index (χ3n) is 4.18. The normalized spacial score (nSPS) is 28.9. The van der Waals surface area contributed by atoms with Crippen LogP contribution in [0.5, 0.6) is 0 Å². The fourth-order valence-corrected chi connectivity index (χ4v) is 2.85. The fraction of sp³-hybridized carbons (Fsp3) is 0.562. The molecule has 1 unspecified atom stereocenters. The molecule has 106 valence electrons. The van der Waals surface area contributed by atoms with Gasteiger partial charge in [-0.2, -0.15) is 5.26 Å². The van der Waals surface area contributed by atoms with Gasteiger partial charge in [0.05, 0.1) is 24.9 Å². The molecular formula is C16H18FNO2. The number of nitriles is 1. The Morgan fingerprint density at radius 1 is 1.30 bits per heavy atom. The Balaban J connectivity index is 1.54. The summed E-state index contributed by atoms with van der Waals surface area (Å²) in [7, 11) is 0. The van der Waals surface area contributed by atoms with Crippen LogP contribution >= 0.6 is 0 Å².